The van der Waals surface area contributed by atoms with Crippen LogP contribution in [0.25, 0.3) is 0 Å². The van der Waals surface area contributed by atoms with Gasteiger partial charge >= 0.3 is 5.97 Å². The lowest BCUT2D eigenvalue weighted by molar-refractivity contribution is 0.0472. The minimum absolute atomic E-state index is 0.0391. The van der Waals surface area contributed by atoms with Crippen LogP contribution in [0.4, 0.5) is 0 Å². The van der Waals surface area contributed by atoms with E-state index in [9.17, 15) is 13.2 Å². The number of nitrogens with one attached hydrogen (secondary N) is 1. The Morgan fingerprint density at radius 1 is 1.21 bits per heavy atom. The van der Waals surface area contributed by atoms with E-state index >= 15 is 0 Å². The maximum absolute atomic E-state index is 12.1. The Morgan fingerprint density at radius 3 is 2.67 bits per heavy atom. The van der Waals surface area contributed by atoms with E-state index in [-0.39, 0.29) is 23.6 Å². The molecule has 124 valence electrons. The highest BCUT2D eigenvalue weighted by Crippen LogP contribution is 2.13. The molecule has 2 aromatic rings. The Kier molecular flexibility index (Phi) is 5.74. The molecule has 0 unspecified atom stereocenters. The first-order chi connectivity index (χ1) is 11.4. The normalized spacial score (nSPS) is 10.8. The van der Waals surface area contributed by atoms with E-state index in [0.29, 0.717) is 0 Å². The molecule has 0 fully saturated rings. The van der Waals surface area contributed by atoms with Gasteiger partial charge in [0.2, 0.25) is 10.0 Å². The van der Waals surface area contributed by atoms with Crippen LogP contribution in [-0.2, 0) is 21.4 Å². The number of terminal acetylenes is 1. The van der Waals surface area contributed by atoms with Gasteiger partial charge < -0.3 is 4.74 Å². The summed E-state index contributed by atoms with van der Waals surface area (Å²) in [6, 6.07) is 13.2. The van der Waals surface area contributed by atoms with E-state index in [4.69, 9.17) is 11.2 Å². The molecular weight excluding hydrogens is 326 g/mol. The van der Waals surface area contributed by atoms with Crippen molar-refractivity contribution >= 4 is 16.0 Å². The molecule has 2 aromatic carbocycles. The summed E-state index contributed by atoms with van der Waals surface area (Å²) in [5, 5.41) is 0. The predicted octanol–water partition coefficient (Wildman–Crippen LogP) is 2.26. The number of carbonyl (C=O) groups is 1. The highest BCUT2D eigenvalue weighted by molar-refractivity contribution is 7.89. The zero-order valence-corrected chi connectivity index (χ0v) is 14.0. The molecule has 5 nitrogen and oxygen atoms in total. The maximum Gasteiger partial charge on any atom is 0.338 e. The summed E-state index contributed by atoms with van der Waals surface area (Å²) >= 11 is 0. The number of hydrogen-bond donors (Lipinski definition) is 1. The van der Waals surface area contributed by atoms with Crippen LogP contribution in [0.5, 0.6) is 0 Å². The third-order valence-corrected chi connectivity index (χ3v) is 4.60. The molecule has 0 saturated heterocycles. The van der Waals surface area contributed by atoms with E-state index in [2.05, 4.69) is 10.6 Å². The average Bonchev–Trinajstić information content (AvgIpc) is 2.58. The molecule has 0 saturated carbocycles. The summed E-state index contributed by atoms with van der Waals surface area (Å²) in [4.78, 5) is 12.1. The summed E-state index contributed by atoms with van der Waals surface area (Å²) in [7, 11) is -3.75. The number of esters is 1. The van der Waals surface area contributed by atoms with Crippen LogP contribution in [0.15, 0.2) is 53.4 Å². The van der Waals surface area contributed by atoms with Gasteiger partial charge in [0.25, 0.3) is 0 Å². The SMILES string of the molecule is C#CCNS(=O)(=O)c1cccc(C(=O)OCc2cccc(C)c2)c1. The van der Waals surface area contributed by atoms with E-state index in [1.54, 1.807) is 0 Å². The molecular formula is C18H17NO4S. The number of carbonyl (C=O) groups excluding carboxylic acids is 1. The van der Waals surface area contributed by atoms with Gasteiger partial charge in [-0.25, -0.2) is 13.2 Å². The third-order valence-electron chi connectivity index (χ3n) is 3.20. The molecule has 0 aliphatic heterocycles. The number of hydrogen-bond acceptors (Lipinski definition) is 4. The Bertz CT molecular complexity index is 882. The fourth-order valence-electron chi connectivity index (χ4n) is 2.04. The molecule has 0 radical (unpaired) electrons. The van der Waals surface area contributed by atoms with Crippen LogP contribution < -0.4 is 4.72 Å². The van der Waals surface area contributed by atoms with Gasteiger partial charge in [-0.15, -0.1) is 6.42 Å². The maximum atomic E-state index is 12.1. The number of ether oxygens (including phenoxy) is 1. The molecule has 0 amide bonds. The first kappa shape index (κ1) is 17.7. The molecule has 0 bridgehead atoms. The monoisotopic (exact) mass is 343 g/mol. The van der Waals surface area contributed by atoms with Crippen molar-refractivity contribution in [1.29, 1.82) is 0 Å². The highest BCUT2D eigenvalue weighted by atomic mass is 32.2. The van der Waals surface area contributed by atoms with Crippen molar-refractivity contribution in [2.45, 2.75) is 18.4 Å². The fraction of sp³-hybridized carbons (Fsp3) is 0.167. The van der Waals surface area contributed by atoms with Crippen molar-refractivity contribution in [2.24, 2.45) is 0 Å². The minimum atomic E-state index is -3.75. The average molecular weight is 343 g/mol. The molecule has 0 atom stereocenters. The Morgan fingerprint density at radius 2 is 1.96 bits per heavy atom. The molecule has 24 heavy (non-hydrogen) atoms. The van der Waals surface area contributed by atoms with E-state index in [1.165, 1.54) is 24.3 Å². The van der Waals surface area contributed by atoms with E-state index in [0.717, 1.165) is 11.1 Å². The molecule has 0 spiro atoms. The molecule has 0 aliphatic carbocycles. The topological polar surface area (TPSA) is 72.5 Å². The predicted molar refractivity (Wildman–Crippen MR) is 90.8 cm³/mol. The van der Waals surface area contributed by atoms with Crippen LogP contribution in [0.1, 0.15) is 21.5 Å². The summed E-state index contributed by atoms with van der Waals surface area (Å²) in [6.07, 6.45) is 5.05. The summed E-state index contributed by atoms with van der Waals surface area (Å²) in [6.45, 7) is 1.94. The summed E-state index contributed by atoms with van der Waals surface area (Å²) in [5.74, 6) is 1.60. The van der Waals surface area contributed by atoms with Crippen molar-refractivity contribution in [3.8, 4) is 12.3 Å². The number of sulfonamides is 1. The van der Waals surface area contributed by atoms with Crippen LogP contribution in [0.3, 0.4) is 0 Å². The van der Waals surface area contributed by atoms with Gasteiger partial charge in [0.1, 0.15) is 6.61 Å². The Hall–Kier alpha value is -2.62. The highest BCUT2D eigenvalue weighted by Gasteiger charge is 2.16. The van der Waals surface area contributed by atoms with Crippen molar-refractivity contribution < 1.29 is 17.9 Å². The number of benzene rings is 2. The Balaban J connectivity index is 2.10. The molecule has 0 aromatic heterocycles. The lowest BCUT2D eigenvalue weighted by Gasteiger charge is -2.08. The van der Waals surface area contributed by atoms with Gasteiger partial charge in [-0.1, -0.05) is 41.8 Å². The van der Waals surface area contributed by atoms with Crippen LogP contribution >= 0.6 is 0 Å². The van der Waals surface area contributed by atoms with Crippen molar-refractivity contribution in [1.82, 2.24) is 4.72 Å². The molecule has 0 heterocycles. The lowest BCUT2D eigenvalue weighted by atomic mass is 10.1. The van der Waals surface area contributed by atoms with Crippen LogP contribution in [0, 0.1) is 19.3 Å². The van der Waals surface area contributed by atoms with E-state index < -0.39 is 16.0 Å². The standard InChI is InChI=1S/C18H17NO4S/c1-3-10-19-24(21,22)17-9-5-8-16(12-17)18(20)23-13-15-7-4-6-14(2)11-15/h1,4-9,11-12,19H,10,13H2,2H3. The second-order valence-electron chi connectivity index (χ2n) is 5.12. The van der Waals surface area contributed by atoms with Crippen LogP contribution in [0.2, 0.25) is 0 Å². The van der Waals surface area contributed by atoms with Crippen molar-refractivity contribution in [2.75, 3.05) is 6.54 Å². The third kappa shape index (κ3) is 4.69. The van der Waals surface area contributed by atoms with Gasteiger partial charge in [0.05, 0.1) is 17.0 Å². The first-order valence-corrected chi connectivity index (χ1v) is 8.66. The van der Waals surface area contributed by atoms with Gasteiger partial charge in [-0.3, -0.25) is 0 Å². The quantitative estimate of drug-likeness (QED) is 0.645. The number of aryl methyl sites for hydroxylation is 1. The van der Waals surface area contributed by atoms with Crippen molar-refractivity contribution in [3.05, 3.63) is 65.2 Å². The second-order valence-corrected chi connectivity index (χ2v) is 6.89. The molecule has 2 rings (SSSR count). The smallest absolute Gasteiger partial charge is 0.338 e. The largest absolute Gasteiger partial charge is 0.457 e. The zero-order valence-electron chi connectivity index (χ0n) is 13.2. The van der Waals surface area contributed by atoms with Crippen molar-refractivity contribution in [3.63, 3.8) is 0 Å². The molecule has 6 heteroatoms. The van der Waals surface area contributed by atoms with Crippen LogP contribution in [-0.4, -0.2) is 20.9 Å². The minimum Gasteiger partial charge on any atom is -0.457 e. The fourth-order valence-corrected chi connectivity index (χ4v) is 3.02. The first-order valence-electron chi connectivity index (χ1n) is 7.18. The molecule has 0 aliphatic rings. The molecule has 1 N–H and O–H groups in total. The van der Waals surface area contributed by atoms with Gasteiger partial charge in [-0.2, -0.15) is 4.72 Å². The van der Waals surface area contributed by atoms with Gasteiger partial charge in [0.15, 0.2) is 0 Å². The van der Waals surface area contributed by atoms with Gasteiger partial charge in [-0.05, 0) is 30.7 Å². The lowest BCUT2D eigenvalue weighted by Crippen LogP contribution is -2.24. The number of rotatable bonds is 6. The second kappa shape index (κ2) is 7.77. The summed E-state index contributed by atoms with van der Waals surface area (Å²) < 4.78 is 31.5. The zero-order chi connectivity index (χ0) is 17.6. The van der Waals surface area contributed by atoms with Gasteiger partial charge in [0, 0.05) is 0 Å². The summed E-state index contributed by atoms with van der Waals surface area (Å²) in [5.41, 5.74) is 2.09. The Labute approximate surface area is 141 Å². The van der Waals surface area contributed by atoms with E-state index in [1.807, 2.05) is 31.2 Å².